The summed E-state index contributed by atoms with van der Waals surface area (Å²) in [6, 6.07) is 0. The molecule has 0 rings (SSSR count). The van der Waals surface area contributed by atoms with Gasteiger partial charge in [0.05, 0.1) is 20.0 Å². The number of carbonyl (C=O) groups excluding carboxylic acids is 1. The predicted molar refractivity (Wildman–Crippen MR) is 87.6 cm³/mol. The smallest absolute Gasteiger partial charge is 0.306 e. The molecule has 0 aliphatic rings. The molecular weight excluding hydrogens is 416 g/mol. The molecule has 0 aliphatic heterocycles. The highest BCUT2D eigenvalue weighted by atomic mass is 32.2. The van der Waals surface area contributed by atoms with E-state index in [4.69, 9.17) is 25.3 Å². The van der Waals surface area contributed by atoms with E-state index in [-0.39, 0.29) is 0 Å². The van der Waals surface area contributed by atoms with Gasteiger partial charge in [-0.1, -0.05) is 10.2 Å². The average molecular weight is 432 g/mol. The summed E-state index contributed by atoms with van der Waals surface area (Å²) in [4.78, 5) is 25.4. The summed E-state index contributed by atoms with van der Waals surface area (Å²) in [5.74, 6) is -2.20. The van der Waals surface area contributed by atoms with Crippen LogP contribution in [0.3, 0.4) is 0 Å². The molecule has 0 aromatic rings. The number of hydrogen-bond donors (Lipinski definition) is 3. The maximum absolute atomic E-state index is 10.7. The fourth-order valence-electron chi connectivity index (χ4n) is 1.25. The van der Waals surface area contributed by atoms with Gasteiger partial charge in [-0.3, -0.25) is 18.7 Å². The third-order valence-electron chi connectivity index (χ3n) is 2.56. The molecule has 0 radical (unpaired) electrons. The predicted octanol–water partition coefficient (Wildman–Crippen LogP) is 0.144. The number of azide groups is 2. The summed E-state index contributed by atoms with van der Waals surface area (Å²) >= 11 is 0. The Bertz CT molecular complexity index is 808. The van der Waals surface area contributed by atoms with Gasteiger partial charge in [0.15, 0.2) is 0 Å². The van der Waals surface area contributed by atoms with E-state index in [1.165, 1.54) is 0 Å². The average Bonchev–Trinajstić information content (AvgIpc) is 2.53. The number of ether oxygens (including phenoxy) is 1. The standard InChI is InChI=1S/C5H9N3O5S.C4H7N3O5S/c1-13-5(9)2-4(3-7-8-6)14(10,11)12;5-7-6-2-3(1-4(8)9)13(10,11)12/h4H,2-3H2,1H3,(H,10,11,12);3H,1-2H2,(H,8,9)(H,10,11,12). The number of nitrogens with zero attached hydrogens (tertiary/aromatic N) is 6. The first kappa shape index (κ1) is 26.6. The van der Waals surface area contributed by atoms with Gasteiger partial charge in [0.2, 0.25) is 0 Å². The van der Waals surface area contributed by atoms with Crippen molar-refractivity contribution in [2.45, 2.75) is 23.3 Å². The summed E-state index contributed by atoms with van der Waals surface area (Å²) in [6.07, 6.45) is -1.34. The van der Waals surface area contributed by atoms with E-state index in [2.05, 4.69) is 24.8 Å². The number of esters is 1. The van der Waals surface area contributed by atoms with Crippen molar-refractivity contribution in [3.8, 4) is 0 Å². The Hall–Kier alpha value is -2.62. The van der Waals surface area contributed by atoms with Crippen molar-refractivity contribution < 1.29 is 45.4 Å². The molecule has 2 atom stereocenters. The Kier molecular flexibility index (Phi) is 12.5. The summed E-state index contributed by atoms with van der Waals surface area (Å²) in [6.45, 7) is -1.11. The molecule has 2 unspecified atom stereocenters. The summed E-state index contributed by atoms with van der Waals surface area (Å²) in [5, 5.41) is 11.0. The van der Waals surface area contributed by atoms with Gasteiger partial charge < -0.3 is 9.84 Å². The third-order valence-corrected chi connectivity index (χ3v) is 4.88. The minimum absolute atomic E-state index is 0.509. The van der Waals surface area contributed by atoms with Gasteiger partial charge >= 0.3 is 11.9 Å². The second-order valence-electron chi connectivity index (χ2n) is 4.48. The molecule has 16 nitrogen and oxygen atoms in total. The summed E-state index contributed by atoms with van der Waals surface area (Å²) in [5.41, 5.74) is 15.8. The van der Waals surface area contributed by atoms with Crippen LogP contribution in [0.4, 0.5) is 0 Å². The number of aliphatic carboxylic acids is 1. The van der Waals surface area contributed by atoms with Crippen molar-refractivity contribution >= 4 is 32.2 Å². The number of rotatable bonds is 10. The molecule has 27 heavy (non-hydrogen) atoms. The van der Waals surface area contributed by atoms with E-state index in [9.17, 15) is 26.4 Å². The zero-order valence-corrected chi connectivity index (χ0v) is 15.3. The zero-order valence-electron chi connectivity index (χ0n) is 13.7. The summed E-state index contributed by atoms with van der Waals surface area (Å²) < 4.78 is 63.6. The molecule has 0 amide bonds. The first-order valence-corrected chi connectivity index (χ1v) is 9.53. The second kappa shape index (κ2) is 12.7. The lowest BCUT2D eigenvalue weighted by Gasteiger charge is -2.08. The van der Waals surface area contributed by atoms with Crippen LogP contribution >= 0.6 is 0 Å². The van der Waals surface area contributed by atoms with Gasteiger partial charge in [-0.2, -0.15) is 16.8 Å². The number of carboxylic acid groups (broad SMARTS) is 1. The SMILES string of the molecule is COC(=O)CC(CN=[N+]=[N-])S(=O)(=O)O.[N-]=[N+]=NCC(CC(=O)O)S(=O)(=O)O. The van der Waals surface area contributed by atoms with Crippen LogP contribution in [0, 0.1) is 0 Å². The number of methoxy groups -OCH3 is 1. The first-order valence-electron chi connectivity index (χ1n) is 6.52. The van der Waals surface area contributed by atoms with E-state index in [1.807, 2.05) is 0 Å². The van der Waals surface area contributed by atoms with Crippen molar-refractivity contribution in [3.63, 3.8) is 0 Å². The monoisotopic (exact) mass is 432 g/mol. The van der Waals surface area contributed by atoms with Gasteiger partial charge in [0.25, 0.3) is 20.2 Å². The van der Waals surface area contributed by atoms with Crippen molar-refractivity contribution in [3.05, 3.63) is 20.9 Å². The molecule has 0 saturated carbocycles. The molecule has 0 saturated heterocycles. The molecule has 154 valence electrons. The van der Waals surface area contributed by atoms with Crippen molar-refractivity contribution in [1.29, 1.82) is 0 Å². The quantitative estimate of drug-likeness (QED) is 0.138. The van der Waals surface area contributed by atoms with Crippen LogP contribution in [0.25, 0.3) is 20.9 Å². The third kappa shape index (κ3) is 14.3. The van der Waals surface area contributed by atoms with E-state index in [1.54, 1.807) is 0 Å². The molecule has 0 heterocycles. The van der Waals surface area contributed by atoms with Gasteiger partial charge in [-0.05, 0) is 11.1 Å². The van der Waals surface area contributed by atoms with E-state index < -0.39 is 68.6 Å². The molecule has 0 bridgehead atoms. The molecule has 18 heteroatoms. The van der Waals surface area contributed by atoms with Gasteiger partial charge in [0, 0.05) is 22.9 Å². The topological polar surface area (TPSA) is 270 Å². The molecular formula is C9H16N6O10S2. The maximum Gasteiger partial charge on any atom is 0.306 e. The minimum Gasteiger partial charge on any atom is -0.481 e. The van der Waals surface area contributed by atoms with Crippen molar-refractivity contribution in [1.82, 2.24) is 0 Å². The Morgan fingerprint density at radius 3 is 1.59 bits per heavy atom. The first-order chi connectivity index (χ1) is 12.3. The molecule has 0 aromatic carbocycles. The van der Waals surface area contributed by atoms with E-state index in [0.29, 0.717) is 0 Å². The lowest BCUT2D eigenvalue weighted by Crippen LogP contribution is -2.27. The fourth-order valence-corrected chi connectivity index (χ4v) is 2.46. The molecule has 0 aliphatic carbocycles. The zero-order chi connectivity index (χ0) is 21.7. The van der Waals surface area contributed by atoms with Crippen LogP contribution in [0.15, 0.2) is 10.2 Å². The lowest BCUT2D eigenvalue weighted by molar-refractivity contribution is -0.140. The van der Waals surface area contributed by atoms with Crippen LogP contribution in [-0.4, -0.2) is 73.7 Å². The van der Waals surface area contributed by atoms with Crippen molar-refractivity contribution in [2.24, 2.45) is 10.2 Å². The normalized spacial score (nSPS) is 12.9. The fraction of sp³-hybridized carbons (Fsp3) is 0.778. The van der Waals surface area contributed by atoms with Crippen LogP contribution in [0.1, 0.15) is 12.8 Å². The van der Waals surface area contributed by atoms with Crippen LogP contribution < -0.4 is 0 Å². The lowest BCUT2D eigenvalue weighted by atomic mass is 10.3. The Morgan fingerprint density at radius 1 is 0.963 bits per heavy atom. The highest BCUT2D eigenvalue weighted by Crippen LogP contribution is 2.06. The van der Waals surface area contributed by atoms with E-state index >= 15 is 0 Å². The second-order valence-corrected chi connectivity index (χ2v) is 7.87. The highest BCUT2D eigenvalue weighted by Gasteiger charge is 2.26. The van der Waals surface area contributed by atoms with Crippen molar-refractivity contribution in [2.75, 3.05) is 20.2 Å². The van der Waals surface area contributed by atoms with Crippen LogP contribution in [0.5, 0.6) is 0 Å². The number of carbonyl (C=O) groups is 2. The van der Waals surface area contributed by atoms with Gasteiger partial charge in [-0.15, -0.1) is 0 Å². The van der Waals surface area contributed by atoms with Gasteiger partial charge in [-0.25, -0.2) is 0 Å². The van der Waals surface area contributed by atoms with Crippen LogP contribution in [-0.2, 0) is 34.6 Å². The highest BCUT2D eigenvalue weighted by molar-refractivity contribution is 7.86. The number of carboxylic acids is 1. The molecule has 0 fully saturated rings. The maximum atomic E-state index is 10.7. The van der Waals surface area contributed by atoms with E-state index in [0.717, 1.165) is 7.11 Å². The largest absolute Gasteiger partial charge is 0.481 e. The van der Waals surface area contributed by atoms with Gasteiger partial charge in [0.1, 0.15) is 10.5 Å². The summed E-state index contributed by atoms with van der Waals surface area (Å²) in [7, 11) is -7.81. The molecule has 3 N–H and O–H groups in total. The molecule has 0 spiro atoms. The Labute approximate surface area is 152 Å². The number of hydrogen-bond acceptors (Lipinski definition) is 9. The molecule has 0 aromatic heterocycles. The van der Waals surface area contributed by atoms with Crippen LogP contribution in [0.2, 0.25) is 0 Å². The Balaban J connectivity index is 0. The minimum atomic E-state index is -4.48. The Morgan fingerprint density at radius 2 is 1.33 bits per heavy atom.